The quantitative estimate of drug-likeness (QED) is 0.181. The van der Waals surface area contributed by atoms with Crippen LogP contribution in [0, 0.1) is 5.41 Å². The number of aromatic nitrogens is 3. The standard InChI is InChI=1S/C35H35Cl2N3O5/c1-20(2)44-32-24-15-21(3-4-23(24)16-28(39-32)33(41)42)7-8-34-9-12-35(13-10-34,14-11-34)43-19-25-30(40-45-31(25)22-5-6-22)29-26(36)17-38-18-27(29)37/h3-4,7-8,15-18,20,22H,5-6,9-14,19H2,1-2H3,(H,41,42). The van der Waals surface area contributed by atoms with E-state index in [-0.39, 0.29) is 22.8 Å². The van der Waals surface area contributed by atoms with Crippen molar-refractivity contribution >= 4 is 46.0 Å². The predicted molar refractivity (Wildman–Crippen MR) is 173 cm³/mol. The lowest BCUT2D eigenvalue weighted by molar-refractivity contribution is -0.133. The van der Waals surface area contributed by atoms with Gasteiger partial charge in [-0.05, 0) is 93.7 Å². The zero-order valence-electron chi connectivity index (χ0n) is 25.3. The highest BCUT2D eigenvalue weighted by atomic mass is 35.5. The molecule has 4 fully saturated rings. The monoisotopic (exact) mass is 647 g/mol. The van der Waals surface area contributed by atoms with Crippen molar-refractivity contribution in [1.82, 2.24) is 15.1 Å². The highest BCUT2D eigenvalue weighted by Gasteiger charge is 2.48. The molecule has 3 heterocycles. The van der Waals surface area contributed by atoms with Gasteiger partial charge >= 0.3 is 5.97 Å². The fourth-order valence-corrected chi connectivity index (χ4v) is 7.41. The minimum Gasteiger partial charge on any atom is -0.477 e. The first-order chi connectivity index (χ1) is 21.6. The largest absolute Gasteiger partial charge is 0.477 e. The van der Waals surface area contributed by atoms with E-state index >= 15 is 0 Å². The SMILES string of the molecule is CC(C)Oc1nc(C(=O)O)cc2ccc(C=CC34CCC(OCc5c(-c6c(Cl)cncc6Cl)noc5C5CC5)(CC3)CC4)cc12. The van der Waals surface area contributed by atoms with Crippen molar-refractivity contribution in [2.45, 2.75) is 89.4 Å². The maximum Gasteiger partial charge on any atom is 0.354 e. The first-order valence-electron chi connectivity index (χ1n) is 15.6. The number of halogens is 2. The van der Waals surface area contributed by atoms with E-state index in [4.69, 9.17) is 37.2 Å². The Morgan fingerprint density at radius 1 is 1.09 bits per heavy atom. The third kappa shape index (κ3) is 5.96. The lowest BCUT2D eigenvalue weighted by Crippen LogP contribution is -2.46. The number of pyridine rings is 2. The molecule has 2 bridgehead atoms. The van der Waals surface area contributed by atoms with E-state index in [1.807, 2.05) is 32.0 Å². The van der Waals surface area contributed by atoms with Gasteiger partial charge in [-0.15, -0.1) is 0 Å². The summed E-state index contributed by atoms with van der Waals surface area (Å²) in [6, 6.07) is 7.59. The van der Waals surface area contributed by atoms with Crippen molar-refractivity contribution in [3.8, 4) is 17.1 Å². The molecule has 0 amide bonds. The van der Waals surface area contributed by atoms with Crippen molar-refractivity contribution in [2.24, 2.45) is 5.41 Å². The van der Waals surface area contributed by atoms with Crippen molar-refractivity contribution in [3.63, 3.8) is 0 Å². The van der Waals surface area contributed by atoms with Crippen LogP contribution in [0.25, 0.3) is 28.1 Å². The average Bonchev–Trinajstić information content (AvgIpc) is 3.79. The highest BCUT2D eigenvalue weighted by molar-refractivity contribution is 6.38. The Kier molecular flexibility index (Phi) is 7.87. The lowest BCUT2D eigenvalue weighted by atomic mass is 9.58. The Balaban J connectivity index is 1.07. The topological polar surface area (TPSA) is 108 Å². The molecule has 0 radical (unpaired) electrons. The van der Waals surface area contributed by atoms with Crippen molar-refractivity contribution in [2.75, 3.05) is 0 Å². The molecule has 45 heavy (non-hydrogen) atoms. The number of aromatic carboxylic acids is 1. The number of carbonyl (C=O) groups is 1. The van der Waals surface area contributed by atoms with Gasteiger partial charge in [-0.3, -0.25) is 4.98 Å². The van der Waals surface area contributed by atoms with Gasteiger partial charge in [-0.25, -0.2) is 9.78 Å². The number of ether oxygens (including phenoxy) is 2. The van der Waals surface area contributed by atoms with Gasteiger partial charge in [0.2, 0.25) is 5.88 Å². The van der Waals surface area contributed by atoms with E-state index < -0.39 is 5.97 Å². The molecular weight excluding hydrogens is 613 g/mol. The van der Waals surface area contributed by atoms with E-state index in [9.17, 15) is 9.90 Å². The Morgan fingerprint density at radius 2 is 1.80 bits per heavy atom. The van der Waals surface area contributed by atoms with Crippen LogP contribution in [0.4, 0.5) is 0 Å². The third-order valence-corrected chi connectivity index (χ3v) is 10.2. The number of carboxylic acids is 1. The molecule has 4 saturated carbocycles. The number of hydrogen-bond donors (Lipinski definition) is 1. The summed E-state index contributed by atoms with van der Waals surface area (Å²) >= 11 is 13.0. The van der Waals surface area contributed by atoms with Crippen molar-refractivity contribution in [1.29, 1.82) is 0 Å². The zero-order valence-corrected chi connectivity index (χ0v) is 26.8. The maximum absolute atomic E-state index is 11.6. The van der Waals surface area contributed by atoms with Crippen LogP contribution in [-0.4, -0.2) is 37.9 Å². The van der Waals surface area contributed by atoms with Crippen LogP contribution in [-0.2, 0) is 11.3 Å². The van der Waals surface area contributed by atoms with E-state index in [0.29, 0.717) is 39.7 Å². The summed E-state index contributed by atoms with van der Waals surface area (Å²) in [5.41, 5.74) is 3.22. The summed E-state index contributed by atoms with van der Waals surface area (Å²) in [6.07, 6.45) is 15.9. The zero-order chi connectivity index (χ0) is 31.3. The Morgan fingerprint density at radius 3 is 2.44 bits per heavy atom. The second-order valence-corrected chi connectivity index (χ2v) is 13.9. The molecule has 1 N–H and O–H groups in total. The normalized spacial score (nSPS) is 23.0. The van der Waals surface area contributed by atoms with Crippen LogP contribution >= 0.6 is 23.2 Å². The highest BCUT2D eigenvalue weighted by Crippen LogP contribution is 2.55. The summed E-state index contributed by atoms with van der Waals surface area (Å²) in [5.74, 6) is 0.534. The van der Waals surface area contributed by atoms with Crippen LogP contribution in [0.15, 0.2) is 47.3 Å². The molecular formula is C35H35Cl2N3O5. The first kappa shape index (κ1) is 30.2. The minimum absolute atomic E-state index is 0.0237. The van der Waals surface area contributed by atoms with E-state index in [2.05, 4.69) is 27.3 Å². The van der Waals surface area contributed by atoms with E-state index in [1.165, 1.54) is 0 Å². The van der Waals surface area contributed by atoms with Crippen LogP contribution < -0.4 is 4.74 Å². The molecule has 4 aliphatic rings. The third-order valence-electron chi connectivity index (χ3n) is 9.63. The number of benzene rings is 1. The number of carboxylic acid groups (broad SMARTS) is 1. The van der Waals surface area contributed by atoms with Gasteiger partial charge in [0.05, 0.1) is 28.4 Å². The smallest absolute Gasteiger partial charge is 0.354 e. The molecule has 0 aliphatic heterocycles. The summed E-state index contributed by atoms with van der Waals surface area (Å²) in [5, 5.41) is 16.4. The number of fused-ring (bicyclic) bond motifs is 4. The molecule has 0 unspecified atom stereocenters. The number of nitrogens with zero attached hydrogens (tertiary/aromatic N) is 3. The van der Waals surface area contributed by atoms with E-state index in [1.54, 1.807) is 18.5 Å². The van der Waals surface area contributed by atoms with Gasteiger partial charge < -0.3 is 19.1 Å². The Hall–Kier alpha value is -3.46. The Bertz CT molecular complexity index is 1770. The number of rotatable bonds is 10. The molecule has 0 spiro atoms. The van der Waals surface area contributed by atoms with Gasteiger partial charge in [0.1, 0.15) is 11.5 Å². The van der Waals surface area contributed by atoms with Gasteiger partial charge in [0.25, 0.3) is 0 Å². The molecule has 234 valence electrons. The molecule has 10 heteroatoms. The van der Waals surface area contributed by atoms with Crippen LogP contribution in [0.5, 0.6) is 5.88 Å². The first-order valence-corrected chi connectivity index (χ1v) is 16.4. The van der Waals surface area contributed by atoms with Gasteiger partial charge in [-0.1, -0.05) is 52.6 Å². The molecule has 8 rings (SSSR count). The van der Waals surface area contributed by atoms with Gasteiger partial charge in [-0.2, -0.15) is 0 Å². The minimum atomic E-state index is -1.07. The summed E-state index contributed by atoms with van der Waals surface area (Å²) in [4.78, 5) is 20.0. The van der Waals surface area contributed by atoms with Gasteiger partial charge in [0, 0.05) is 34.8 Å². The van der Waals surface area contributed by atoms with Gasteiger partial charge in [0.15, 0.2) is 5.69 Å². The van der Waals surface area contributed by atoms with Crippen LogP contribution in [0.2, 0.25) is 10.0 Å². The molecule has 4 aromatic rings. The van der Waals surface area contributed by atoms with Crippen LogP contribution in [0.3, 0.4) is 0 Å². The molecule has 8 nitrogen and oxygen atoms in total. The summed E-state index contributed by atoms with van der Waals surface area (Å²) in [6.45, 7) is 4.23. The average molecular weight is 649 g/mol. The fourth-order valence-electron chi connectivity index (χ4n) is 6.87. The second-order valence-electron chi connectivity index (χ2n) is 13.1. The summed E-state index contributed by atoms with van der Waals surface area (Å²) < 4.78 is 18.6. The number of hydrogen-bond acceptors (Lipinski definition) is 7. The van der Waals surface area contributed by atoms with Crippen molar-refractivity contribution in [3.05, 3.63) is 75.4 Å². The molecule has 3 aromatic heterocycles. The maximum atomic E-state index is 11.6. The van der Waals surface area contributed by atoms with Crippen molar-refractivity contribution < 1.29 is 23.9 Å². The lowest BCUT2D eigenvalue weighted by Gasteiger charge is -2.52. The molecule has 0 saturated heterocycles. The Labute approximate surface area is 271 Å². The predicted octanol–water partition coefficient (Wildman–Crippen LogP) is 9.28. The van der Waals surface area contributed by atoms with Crippen LogP contribution in [0.1, 0.15) is 98.5 Å². The molecule has 1 aromatic carbocycles. The molecule has 4 aliphatic carbocycles. The number of allylic oxidation sites excluding steroid dienone is 1. The second kappa shape index (κ2) is 11.7. The fraction of sp³-hybridized carbons (Fsp3) is 0.429. The summed E-state index contributed by atoms with van der Waals surface area (Å²) in [7, 11) is 0. The van der Waals surface area contributed by atoms with E-state index in [0.717, 1.165) is 79.0 Å². The molecule has 0 atom stereocenters.